The Balaban J connectivity index is 4.47. The first kappa shape index (κ1) is 16.4. The van der Waals surface area contributed by atoms with E-state index in [-0.39, 0.29) is 0 Å². The van der Waals surface area contributed by atoms with Crippen molar-refractivity contribution < 1.29 is 47.7 Å². The molecule has 0 spiro atoms. The van der Waals surface area contributed by atoms with E-state index in [9.17, 15) is 43.5 Å². The number of rotatable bonds is 4. The number of hydrogen-bond acceptors (Lipinski definition) is 3. The van der Waals surface area contributed by atoms with Gasteiger partial charge in [-0.15, -0.1) is 0 Å². The highest BCUT2D eigenvalue weighted by molar-refractivity contribution is 7.87. The van der Waals surface area contributed by atoms with Crippen LogP contribution in [-0.4, -0.2) is 32.6 Å². The molecule has 0 unspecified atom stereocenters. The van der Waals surface area contributed by atoms with Crippen LogP contribution in [0.2, 0.25) is 0 Å². The lowest BCUT2D eigenvalue weighted by molar-refractivity contribution is -0.285. The van der Waals surface area contributed by atoms with Crippen LogP contribution in [0.1, 0.15) is 6.42 Å². The average Bonchev–Trinajstić information content (AvgIpc) is 1.98. The van der Waals surface area contributed by atoms with Gasteiger partial charge in [0.2, 0.25) is 0 Å². The molecule has 0 rings (SSSR count). The molecule has 17 heavy (non-hydrogen) atoms. The topological polar surface area (TPSA) is 43.4 Å². The Hall–Kier alpha value is -0.650. The van der Waals surface area contributed by atoms with E-state index in [4.69, 9.17) is 0 Å². The molecule has 0 aromatic rings. The van der Waals surface area contributed by atoms with Gasteiger partial charge in [0.15, 0.2) is 0 Å². The molecule has 3 nitrogen and oxygen atoms in total. The molecule has 0 aromatic carbocycles. The first-order valence-corrected chi connectivity index (χ1v) is 5.02. The molecule has 0 N–H and O–H groups in total. The zero-order valence-corrected chi connectivity index (χ0v) is 8.39. The van der Waals surface area contributed by atoms with Crippen LogP contribution in [0.4, 0.5) is 35.1 Å². The zero-order chi connectivity index (χ0) is 14.1. The SMILES string of the molecule is O=S(=O)(OCCC(F)(F)C(F)(F)F)C(F)(F)F. The fourth-order valence-electron chi connectivity index (χ4n) is 0.488. The third-order valence-corrected chi connectivity index (χ3v) is 2.40. The Bertz CT molecular complexity index is 352. The minimum Gasteiger partial charge on any atom is -0.263 e. The highest BCUT2D eigenvalue weighted by Gasteiger charge is 2.57. The van der Waals surface area contributed by atoms with Crippen LogP contribution in [0.5, 0.6) is 0 Å². The van der Waals surface area contributed by atoms with E-state index < -0.39 is 40.8 Å². The Morgan fingerprint density at radius 1 is 0.882 bits per heavy atom. The highest BCUT2D eigenvalue weighted by atomic mass is 32.2. The van der Waals surface area contributed by atoms with E-state index in [0.29, 0.717) is 0 Å². The Morgan fingerprint density at radius 3 is 1.59 bits per heavy atom. The van der Waals surface area contributed by atoms with Gasteiger partial charge in [-0.2, -0.15) is 43.5 Å². The molecule has 0 saturated carbocycles. The fourth-order valence-corrected chi connectivity index (χ4v) is 0.924. The van der Waals surface area contributed by atoms with E-state index in [1.807, 2.05) is 0 Å². The largest absolute Gasteiger partial charge is 0.523 e. The maximum Gasteiger partial charge on any atom is 0.523 e. The van der Waals surface area contributed by atoms with Gasteiger partial charge in [-0.25, -0.2) is 0 Å². The molecule has 104 valence electrons. The molecular formula is C5H4F8O3S. The second kappa shape index (κ2) is 4.55. The van der Waals surface area contributed by atoms with Gasteiger partial charge in [0.25, 0.3) is 0 Å². The summed E-state index contributed by atoms with van der Waals surface area (Å²) in [5.74, 6) is -5.33. The Morgan fingerprint density at radius 2 is 1.29 bits per heavy atom. The van der Waals surface area contributed by atoms with Crippen LogP contribution in [0.25, 0.3) is 0 Å². The van der Waals surface area contributed by atoms with E-state index in [0.717, 1.165) is 0 Å². The monoisotopic (exact) mass is 296 g/mol. The van der Waals surface area contributed by atoms with Crippen molar-refractivity contribution in [2.45, 2.75) is 24.0 Å². The number of halogens is 8. The first-order valence-electron chi connectivity index (χ1n) is 3.61. The van der Waals surface area contributed by atoms with E-state index >= 15 is 0 Å². The molecular weight excluding hydrogens is 292 g/mol. The van der Waals surface area contributed by atoms with Crippen LogP contribution in [-0.2, 0) is 14.3 Å². The molecule has 0 bridgehead atoms. The fraction of sp³-hybridized carbons (Fsp3) is 1.00. The minimum atomic E-state index is -6.17. The van der Waals surface area contributed by atoms with Crippen LogP contribution in [0.15, 0.2) is 0 Å². The molecule has 0 radical (unpaired) electrons. The summed E-state index contributed by atoms with van der Waals surface area (Å²) in [6.07, 6.45) is -8.22. The van der Waals surface area contributed by atoms with Crippen molar-refractivity contribution in [3.8, 4) is 0 Å². The van der Waals surface area contributed by atoms with Crippen LogP contribution >= 0.6 is 0 Å². The van der Waals surface area contributed by atoms with E-state index in [2.05, 4.69) is 4.18 Å². The summed E-state index contributed by atoms with van der Waals surface area (Å²) in [4.78, 5) is 0. The van der Waals surface area contributed by atoms with Crippen LogP contribution in [0, 0.1) is 0 Å². The minimum absolute atomic E-state index is 1.94. The lowest BCUT2D eigenvalue weighted by Crippen LogP contribution is -2.38. The lowest BCUT2D eigenvalue weighted by Gasteiger charge is -2.19. The molecule has 0 fully saturated rings. The summed E-state index contributed by atoms with van der Waals surface area (Å²) >= 11 is 0. The number of alkyl halides is 8. The Kier molecular flexibility index (Phi) is 4.38. The second-order valence-corrected chi connectivity index (χ2v) is 4.28. The summed E-state index contributed by atoms with van der Waals surface area (Å²) in [7, 11) is -6.17. The summed E-state index contributed by atoms with van der Waals surface area (Å²) in [5.41, 5.74) is -5.87. The predicted octanol–water partition coefficient (Wildman–Crippen LogP) is 2.44. The molecule has 0 aliphatic carbocycles. The van der Waals surface area contributed by atoms with Gasteiger partial charge in [-0.1, -0.05) is 0 Å². The van der Waals surface area contributed by atoms with Crippen LogP contribution < -0.4 is 0 Å². The maximum atomic E-state index is 12.1. The van der Waals surface area contributed by atoms with Gasteiger partial charge in [0.05, 0.1) is 6.61 Å². The summed E-state index contributed by atoms with van der Waals surface area (Å²) in [5, 5.41) is 0. The first-order chi connectivity index (χ1) is 7.21. The average molecular weight is 296 g/mol. The van der Waals surface area contributed by atoms with E-state index in [1.54, 1.807) is 0 Å². The lowest BCUT2D eigenvalue weighted by atomic mass is 10.2. The van der Waals surface area contributed by atoms with E-state index in [1.165, 1.54) is 0 Å². The van der Waals surface area contributed by atoms with Crippen molar-refractivity contribution in [2.75, 3.05) is 6.61 Å². The normalized spacial score (nSPS) is 15.1. The van der Waals surface area contributed by atoms with Crippen molar-refractivity contribution in [1.82, 2.24) is 0 Å². The van der Waals surface area contributed by atoms with Gasteiger partial charge >= 0.3 is 27.7 Å². The quantitative estimate of drug-likeness (QED) is 0.454. The van der Waals surface area contributed by atoms with Gasteiger partial charge in [0.1, 0.15) is 0 Å². The van der Waals surface area contributed by atoms with Crippen molar-refractivity contribution in [1.29, 1.82) is 0 Å². The van der Waals surface area contributed by atoms with Gasteiger partial charge in [0, 0.05) is 6.42 Å². The molecule has 0 aromatic heterocycles. The van der Waals surface area contributed by atoms with Gasteiger partial charge < -0.3 is 0 Å². The molecule has 0 aliphatic heterocycles. The molecule has 0 amide bonds. The Labute approximate surface area is 89.5 Å². The van der Waals surface area contributed by atoms with Gasteiger partial charge in [-0.05, 0) is 0 Å². The van der Waals surface area contributed by atoms with Crippen molar-refractivity contribution in [2.24, 2.45) is 0 Å². The third kappa shape index (κ3) is 4.26. The van der Waals surface area contributed by atoms with Crippen molar-refractivity contribution in [3.05, 3.63) is 0 Å². The zero-order valence-electron chi connectivity index (χ0n) is 7.57. The standard InChI is InChI=1S/C5H4F8O3S/c6-3(7,4(8,9)10)1-2-16-17(14,15)5(11,12)13/h1-2H2. The highest BCUT2D eigenvalue weighted by Crippen LogP contribution is 2.38. The second-order valence-electron chi connectivity index (χ2n) is 2.67. The molecule has 0 atom stereocenters. The number of hydrogen-bond donors (Lipinski definition) is 0. The summed E-state index contributed by atoms with van der Waals surface area (Å²) < 4.78 is 117. The summed E-state index contributed by atoms with van der Waals surface area (Å²) in [6.45, 7) is -1.94. The van der Waals surface area contributed by atoms with Crippen molar-refractivity contribution in [3.63, 3.8) is 0 Å². The molecule has 12 heteroatoms. The molecule has 0 saturated heterocycles. The van der Waals surface area contributed by atoms with Crippen molar-refractivity contribution >= 4 is 10.1 Å². The smallest absolute Gasteiger partial charge is 0.263 e. The van der Waals surface area contributed by atoms with Crippen LogP contribution in [0.3, 0.4) is 0 Å². The molecule has 0 heterocycles. The van der Waals surface area contributed by atoms with Gasteiger partial charge in [-0.3, -0.25) is 4.18 Å². The predicted molar refractivity (Wildman–Crippen MR) is 36.5 cm³/mol. The maximum absolute atomic E-state index is 12.1. The summed E-state index contributed by atoms with van der Waals surface area (Å²) in [6, 6.07) is 0. The molecule has 0 aliphatic rings. The third-order valence-electron chi connectivity index (χ3n) is 1.35.